The molecule has 1 atom stereocenters. The fourth-order valence-corrected chi connectivity index (χ4v) is 2.41. The maximum Gasteiger partial charge on any atom is 0.261 e. The summed E-state index contributed by atoms with van der Waals surface area (Å²) in [6, 6.07) is 17.1. The van der Waals surface area contributed by atoms with Gasteiger partial charge in [-0.05, 0) is 25.5 Å². The lowest BCUT2D eigenvalue weighted by Gasteiger charge is -2.16. The quantitative estimate of drug-likeness (QED) is 0.705. The molecule has 1 amide bonds. The van der Waals surface area contributed by atoms with Crippen molar-refractivity contribution in [2.75, 3.05) is 0 Å². The molecule has 0 aliphatic carbocycles. The van der Waals surface area contributed by atoms with E-state index in [0.717, 1.165) is 11.1 Å². The Bertz CT molecular complexity index is 844. The van der Waals surface area contributed by atoms with E-state index in [2.05, 4.69) is 15.5 Å². The number of aromatic nitrogens is 2. The molecule has 0 bridgehead atoms. The van der Waals surface area contributed by atoms with Gasteiger partial charge in [-0.3, -0.25) is 4.79 Å². The zero-order chi connectivity index (χ0) is 18.4. The van der Waals surface area contributed by atoms with Gasteiger partial charge in [0.15, 0.2) is 6.10 Å². The highest BCUT2D eigenvalue weighted by Crippen LogP contribution is 2.16. The normalized spacial score (nSPS) is 11.8. The number of amides is 1. The SMILES string of the molecule is CCC(Oc1ccccc1)C(=O)NCc1nc(-c2ccc(C)cc2)no1. The van der Waals surface area contributed by atoms with Crippen LogP contribution < -0.4 is 10.1 Å². The Morgan fingerprint density at radius 3 is 2.58 bits per heavy atom. The Balaban J connectivity index is 1.57. The van der Waals surface area contributed by atoms with E-state index in [1.54, 1.807) is 0 Å². The van der Waals surface area contributed by atoms with Crippen LogP contribution in [0.5, 0.6) is 5.75 Å². The van der Waals surface area contributed by atoms with E-state index in [9.17, 15) is 4.79 Å². The molecule has 3 rings (SSSR count). The van der Waals surface area contributed by atoms with E-state index in [1.807, 2.05) is 68.4 Å². The van der Waals surface area contributed by atoms with Crippen LogP contribution in [0.2, 0.25) is 0 Å². The Labute approximate surface area is 152 Å². The molecule has 6 heteroatoms. The number of ether oxygens (including phenoxy) is 1. The Kier molecular flexibility index (Phi) is 5.63. The average Bonchev–Trinajstić information content (AvgIpc) is 3.14. The number of nitrogens with zero attached hydrogens (tertiary/aromatic N) is 2. The second-order valence-electron chi connectivity index (χ2n) is 5.92. The van der Waals surface area contributed by atoms with Crippen LogP contribution in [0.4, 0.5) is 0 Å². The first-order chi connectivity index (χ1) is 12.7. The number of hydrogen-bond acceptors (Lipinski definition) is 5. The molecule has 1 unspecified atom stereocenters. The molecular weight excluding hydrogens is 330 g/mol. The van der Waals surface area contributed by atoms with Crippen LogP contribution in [0.25, 0.3) is 11.4 Å². The molecule has 1 aromatic heterocycles. The van der Waals surface area contributed by atoms with Crippen LogP contribution in [0.3, 0.4) is 0 Å². The number of benzene rings is 2. The van der Waals surface area contributed by atoms with Crippen LogP contribution in [0.1, 0.15) is 24.8 Å². The minimum absolute atomic E-state index is 0.159. The first-order valence-electron chi connectivity index (χ1n) is 8.54. The van der Waals surface area contributed by atoms with Crippen LogP contribution in [0.15, 0.2) is 59.1 Å². The van der Waals surface area contributed by atoms with Gasteiger partial charge in [-0.2, -0.15) is 4.98 Å². The number of carbonyl (C=O) groups is 1. The summed E-state index contributed by atoms with van der Waals surface area (Å²) in [5.41, 5.74) is 2.03. The van der Waals surface area contributed by atoms with Crippen molar-refractivity contribution < 1.29 is 14.1 Å². The zero-order valence-electron chi connectivity index (χ0n) is 14.8. The molecule has 134 valence electrons. The molecule has 26 heavy (non-hydrogen) atoms. The molecule has 0 saturated carbocycles. The van der Waals surface area contributed by atoms with Gasteiger partial charge in [0.1, 0.15) is 5.75 Å². The minimum atomic E-state index is -0.572. The van der Waals surface area contributed by atoms with Crippen molar-refractivity contribution in [2.45, 2.75) is 32.9 Å². The second-order valence-corrected chi connectivity index (χ2v) is 5.92. The van der Waals surface area contributed by atoms with E-state index < -0.39 is 6.10 Å². The highest BCUT2D eigenvalue weighted by Gasteiger charge is 2.19. The number of carbonyl (C=O) groups excluding carboxylic acids is 1. The predicted molar refractivity (Wildman–Crippen MR) is 97.5 cm³/mol. The van der Waals surface area contributed by atoms with E-state index in [0.29, 0.717) is 23.9 Å². The first kappa shape index (κ1) is 17.7. The van der Waals surface area contributed by atoms with Gasteiger partial charge in [-0.25, -0.2) is 0 Å². The smallest absolute Gasteiger partial charge is 0.261 e. The van der Waals surface area contributed by atoms with Crippen molar-refractivity contribution in [1.82, 2.24) is 15.5 Å². The van der Waals surface area contributed by atoms with Crippen LogP contribution in [0, 0.1) is 6.92 Å². The molecule has 0 saturated heterocycles. The number of nitrogens with one attached hydrogen (secondary N) is 1. The topological polar surface area (TPSA) is 77.2 Å². The third-order valence-electron chi connectivity index (χ3n) is 3.88. The zero-order valence-corrected chi connectivity index (χ0v) is 14.8. The molecule has 0 aliphatic heterocycles. The highest BCUT2D eigenvalue weighted by atomic mass is 16.5. The number of rotatable bonds is 7. The van der Waals surface area contributed by atoms with Crippen molar-refractivity contribution >= 4 is 5.91 Å². The Morgan fingerprint density at radius 1 is 1.15 bits per heavy atom. The molecule has 6 nitrogen and oxygen atoms in total. The van der Waals surface area contributed by atoms with Crippen molar-refractivity contribution in [3.05, 3.63) is 66.1 Å². The fourth-order valence-electron chi connectivity index (χ4n) is 2.41. The van der Waals surface area contributed by atoms with E-state index in [-0.39, 0.29) is 12.5 Å². The third kappa shape index (κ3) is 4.47. The van der Waals surface area contributed by atoms with E-state index >= 15 is 0 Å². The summed E-state index contributed by atoms with van der Waals surface area (Å²) >= 11 is 0. The molecule has 1 N–H and O–H groups in total. The van der Waals surface area contributed by atoms with E-state index in [1.165, 1.54) is 0 Å². The second kappa shape index (κ2) is 8.29. The summed E-state index contributed by atoms with van der Waals surface area (Å²) in [6.45, 7) is 4.07. The molecule has 0 aliphatic rings. The Hall–Kier alpha value is -3.15. The molecule has 0 spiro atoms. The number of hydrogen-bond donors (Lipinski definition) is 1. The first-order valence-corrected chi connectivity index (χ1v) is 8.54. The van der Waals surface area contributed by atoms with Gasteiger partial charge in [-0.1, -0.05) is 60.1 Å². The third-order valence-corrected chi connectivity index (χ3v) is 3.88. The minimum Gasteiger partial charge on any atom is -0.481 e. The van der Waals surface area contributed by atoms with Crippen LogP contribution in [-0.4, -0.2) is 22.2 Å². The van der Waals surface area contributed by atoms with Crippen molar-refractivity contribution in [2.24, 2.45) is 0 Å². The van der Waals surface area contributed by atoms with Crippen LogP contribution in [-0.2, 0) is 11.3 Å². The largest absolute Gasteiger partial charge is 0.481 e. The monoisotopic (exact) mass is 351 g/mol. The average molecular weight is 351 g/mol. The van der Waals surface area contributed by atoms with Crippen LogP contribution >= 0.6 is 0 Å². The molecule has 2 aromatic carbocycles. The van der Waals surface area contributed by atoms with Gasteiger partial charge in [0.2, 0.25) is 11.7 Å². The summed E-state index contributed by atoms with van der Waals surface area (Å²) < 4.78 is 10.9. The van der Waals surface area contributed by atoms with Gasteiger partial charge in [0, 0.05) is 5.56 Å². The maximum atomic E-state index is 12.3. The summed E-state index contributed by atoms with van der Waals surface area (Å²) in [4.78, 5) is 16.7. The summed E-state index contributed by atoms with van der Waals surface area (Å²) in [7, 11) is 0. The summed E-state index contributed by atoms with van der Waals surface area (Å²) in [5.74, 6) is 1.30. The molecule has 0 radical (unpaired) electrons. The highest BCUT2D eigenvalue weighted by molar-refractivity contribution is 5.80. The van der Waals surface area contributed by atoms with Gasteiger partial charge in [0.05, 0.1) is 6.54 Å². The lowest BCUT2D eigenvalue weighted by Crippen LogP contribution is -2.37. The standard InChI is InChI=1S/C20H21N3O3/c1-3-17(25-16-7-5-4-6-8-16)20(24)21-13-18-22-19(23-26-18)15-11-9-14(2)10-12-15/h4-12,17H,3,13H2,1-2H3,(H,21,24). The predicted octanol–water partition coefficient (Wildman–Crippen LogP) is 3.52. The van der Waals surface area contributed by atoms with E-state index in [4.69, 9.17) is 9.26 Å². The lowest BCUT2D eigenvalue weighted by atomic mass is 10.1. The van der Waals surface area contributed by atoms with Gasteiger partial charge in [-0.15, -0.1) is 0 Å². The molecule has 3 aromatic rings. The van der Waals surface area contributed by atoms with Gasteiger partial charge in [0.25, 0.3) is 5.91 Å². The van der Waals surface area contributed by atoms with Crippen molar-refractivity contribution in [3.63, 3.8) is 0 Å². The molecule has 1 heterocycles. The lowest BCUT2D eigenvalue weighted by molar-refractivity contribution is -0.128. The molecular formula is C20H21N3O3. The van der Waals surface area contributed by atoms with Gasteiger partial charge < -0.3 is 14.6 Å². The number of aryl methyl sites for hydroxylation is 1. The van der Waals surface area contributed by atoms with Crippen molar-refractivity contribution in [1.29, 1.82) is 0 Å². The van der Waals surface area contributed by atoms with Gasteiger partial charge >= 0.3 is 0 Å². The molecule has 0 fully saturated rings. The summed E-state index contributed by atoms with van der Waals surface area (Å²) in [5, 5.41) is 6.74. The maximum absolute atomic E-state index is 12.3. The summed E-state index contributed by atoms with van der Waals surface area (Å²) in [6.07, 6.45) is -0.0176. The number of para-hydroxylation sites is 1. The Morgan fingerprint density at radius 2 is 1.88 bits per heavy atom. The fraction of sp³-hybridized carbons (Fsp3) is 0.250. The van der Waals surface area contributed by atoms with Crippen molar-refractivity contribution in [3.8, 4) is 17.1 Å².